The molecule has 3 unspecified atom stereocenters. The monoisotopic (exact) mass is 353 g/mol. The number of hydrogen-bond donors (Lipinski definition) is 2. The van der Waals surface area contributed by atoms with Gasteiger partial charge in [-0.25, -0.2) is 0 Å². The molecule has 2 aromatic carbocycles. The molecule has 26 heavy (non-hydrogen) atoms. The van der Waals surface area contributed by atoms with Crippen molar-refractivity contribution in [1.29, 1.82) is 0 Å². The minimum atomic E-state index is -1.23. The lowest BCUT2D eigenvalue weighted by atomic mass is 9.79. The summed E-state index contributed by atoms with van der Waals surface area (Å²) in [5.41, 5.74) is 2.08. The third-order valence-corrected chi connectivity index (χ3v) is 6.08. The Balaban J connectivity index is 1.87. The van der Waals surface area contributed by atoms with Gasteiger partial charge in [0.1, 0.15) is 11.8 Å². The van der Waals surface area contributed by atoms with E-state index in [9.17, 15) is 10.2 Å². The van der Waals surface area contributed by atoms with Crippen LogP contribution in [0.25, 0.3) is 11.1 Å². The first-order chi connectivity index (χ1) is 12.4. The summed E-state index contributed by atoms with van der Waals surface area (Å²) >= 11 is 0. The Labute approximate surface area is 157 Å². The predicted molar refractivity (Wildman–Crippen MR) is 107 cm³/mol. The van der Waals surface area contributed by atoms with E-state index in [-0.39, 0.29) is 5.92 Å². The number of aliphatic hydroxyl groups excluding tert-OH is 1. The van der Waals surface area contributed by atoms with Crippen LogP contribution in [0, 0.1) is 5.92 Å². The van der Waals surface area contributed by atoms with E-state index in [1.54, 1.807) is 6.92 Å². The summed E-state index contributed by atoms with van der Waals surface area (Å²) < 4.78 is 0. The maximum absolute atomic E-state index is 11.3. The molecular weight excluding hydrogens is 322 g/mol. The highest BCUT2D eigenvalue weighted by Gasteiger charge is 2.41. The fourth-order valence-corrected chi connectivity index (χ4v) is 3.94. The second-order valence-corrected chi connectivity index (χ2v) is 7.99. The number of hydrogen-bond acceptors (Lipinski definition) is 3. The first-order valence-electron chi connectivity index (χ1n) is 9.70. The van der Waals surface area contributed by atoms with Gasteiger partial charge in [0.2, 0.25) is 0 Å². The van der Waals surface area contributed by atoms with Crippen LogP contribution in [0.2, 0.25) is 0 Å². The van der Waals surface area contributed by atoms with Gasteiger partial charge in [0, 0.05) is 19.0 Å². The minimum Gasteiger partial charge on any atom is -0.385 e. The summed E-state index contributed by atoms with van der Waals surface area (Å²) in [5, 5.41) is 22.3. The highest BCUT2D eigenvalue weighted by Crippen LogP contribution is 2.38. The molecule has 0 radical (unpaired) electrons. The van der Waals surface area contributed by atoms with Crippen molar-refractivity contribution in [3.05, 3.63) is 60.2 Å². The summed E-state index contributed by atoms with van der Waals surface area (Å²) in [6.07, 6.45) is 1.28. The molecule has 3 rings (SSSR count). The second-order valence-electron chi connectivity index (χ2n) is 7.99. The van der Waals surface area contributed by atoms with Crippen molar-refractivity contribution >= 4 is 0 Å². The van der Waals surface area contributed by atoms with Crippen LogP contribution in [-0.2, 0) is 0 Å². The molecule has 1 fully saturated rings. The van der Waals surface area contributed by atoms with Crippen molar-refractivity contribution in [3.8, 4) is 11.1 Å². The summed E-state index contributed by atoms with van der Waals surface area (Å²) in [5.74, 6) is 0.493. The lowest BCUT2D eigenvalue weighted by molar-refractivity contribution is -0.156. The van der Waals surface area contributed by atoms with Gasteiger partial charge < -0.3 is 10.2 Å². The topological polar surface area (TPSA) is 43.7 Å². The van der Waals surface area contributed by atoms with Gasteiger partial charge in [0.25, 0.3) is 0 Å². The van der Waals surface area contributed by atoms with Crippen LogP contribution in [-0.4, -0.2) is 40.0 Å². The van der Waals surface area contributed by atoms with Gasteiger partial charge in [-0.1, -0.05) is 68.4 Å². The van der Waals surface area contributed by atoms with E-state index in [1.807, 2.05) is 42.2 Å². The largest absolute Gasteiger partial charge is 0.385 e. The molecule has 1 aliphatic heterocycles. The Morgan fingerprint density at radius 3 is 2.23 bits per heavy atom. The van der Waals surface area contributed by atoms with Gasteiger partial charge in [-0.05, 0) is 42.4 Å². The quantitative estimate of drug-likeness (QED) is 0.844. The number of piperidine rings is 1. The van der Waals surface area contributed by atoms with Crippen molar-refractivity contribution in [2.45, 2.75) is 51.4 Å². The highest BCUT2D eigenvalue weighted by molar-refractivity contribution is 5.68. The van der Waals surface area contributed by atoms with E-state index in [2.05, 4.69) is 31.2 Å². The van der Waals surface area contributed by atoms with E-state index in [0.29, 0.717) is 5.92 Å². The first-order valence-corrected chi connectivity index (χ1v) is 9.70. The van der Waals surface area contributed by atoms with Crippen molar-refractivity contribution in [3.63, 3.8) is 0 Å². The lowest BCUT2D eigenvalue weighted by Gasteiger charge is -2.43. The van der Waals surface area contributed by atoms with Crippen molar-refractivity contribution in [2.75, 3.05) is 13.1 Å². The van der Waals surface area contributed by atoms with Crippen molar-refractivity contribution in [1.82, 2.24) is 4.90 Å². The summed E-state index contributed by atoms with van der Waals surface area (Å²) in [6, 6.07) is 18.4. The molecule has 1 aliphatic rings. The molecule has 3 atom stereocenters. The molecule has 0 amide bonds. The van der Waals surface area contributed by atoms with E-state index >= 15 is 0 Å². The predicted octanol–water partition coefficient (Wildman–Crippen LogP) is 4.26. The van der Waals surface area contributed by atoms with Gasteiger partial charge in [0.15, 0.2) is 0 Å². The summed E-state index contributed by atoms with van der Waals surface area (Å²) in [4.78, 5) is 2.03. The SMILES string of the molecule is CC1CCN(C(O)C(C)(O)C(C)c2ccccc2-c2ccccc2)CC1. The van der Waals surface area contributed by atoms with E-state index in [4.69, 9.17) is 0 Å². The Morgan fingerprint density at radius 1 is 1.00 bits per heavy atom. The van der Waals surface area contributed by atoms with Crippen LogP contribution in [0.4, 0.5) is 0 Å². The molecule has 3 nitrogen and oxygen atoms in total. The molecule has 2 aromatic rings. The zero-order valence-corrected chi connectivity index (χ0v) is 16.1. The van der Waals surface area contributed by atoms with Crippen LogP contribution in [0.1, 0.15) is 45.1 Å². The molecule has 0 bridgehead atoms. The molecule has 0 aliphatic carbocycles. The summed E-state index contributed by atoms with van der Waals surface area (Å²) in [6.45, 7) is 7.71. The normalized spacial score (nSPS) is 21.1. The minimum absolute atomic E-state index is 0.201. The first kappa shape index (κ1) is 19.1. The van der Waals surface area contributed by atoms with Crippen LogP contribution < -0.4 is 0 Å². The smallest absolute Gasteiger partial charge is 0.136 e. The van der Waals surface area contributed by atoms with Gasteiger partial charge in [-0.15, -0.1) is 0 Å². The second kappa shape index (κ2) is 7.91. The van der Waals surface area contributed by atoms with Gasteiger partial charge in [-0.3, -0.25) is 4.90 Å². The molecule has 2 N–H and O–H groups in total. The van der Waals surface area contributed by atoms with Crippen LogP contribution in [0.3, 0.4) is 0 Å². The highest BCUT2D eigenvalue weighted by atomic mass is 16.4. The Bertz CT molecular complexity index is 705. The Hall–Kier alpha value is -1.68. The number of aliphatic hydroxyl groups is 2. The van der Waals surface area contributed by atoms with Crippen molar-refractivity contribution < 1.29 is 10.2 Å². The molecule has 0 spiro atoms. The van der Waals surface area contributed by atoms with Crippen LogP contribution >= 0.6 is 0 Å². The van der Waals surface area contributed by atoms with Crippen LogP contribution in [0.5, 0.6) is 0 Å². The number of benzene rings is 2. The Morgan fingerprint density at radius 2 is 1.58 bits per heavy atom. The molecule has 1 heterocycles. The van der Waals surface area contributed by atoms with Crippen molar-refractivity contribution in [2.24, 2.45) is 5.92 Å². The third kappa shape index (κ3) is 3.85. The number of rotatable bonds is 5. The van der Waals surface area contributed by atoms with Gasteiger partial charge in [-0.2, -0.15) is 0 Å². The Kier molecular flexibility index (Phi) is 5.81. The molecular formula is C23H31NO2. The number of likely N-dealkylation sites (tertiary alicyclic amines) is 1. The maximum Gasteiger partial charge on any atom is 0.136 e. The van der Waals surface area contributed by atoms with E-state index in [1.165, 1.54) is 0 Å². The average molecular weight is 354 g/mol. The van der Waals surface area contributed by atoms with Crippen LogP contribution in [0.15, 0.2) is 54.6 Å². The maximum atomic E-state index is 11.3. The van der Waals surface area contributed by atoms with E-state index in [0.717, 1.165) is 42.6 Å². The molecule has 0 aromatic heterocycles. The fourth-order valence-electron chi connectivity index (χ4n) is 3.94. The van der Waals surface area contributed by atoms with E-state index < -0.39 is 11.8 Å². The fraction of sp³-hybridized carbons (Fsp3) is 0.478. The summed E-state index contributed by atoms with van der Waals surface area (Å²) in [7, 11) is 0. The lowest BCUT2D eigenvalue weighted by Crippen LogP contribution is -2.55. The zero-order valence-electron chi connectivity index (χ0n) is 16.1. The molecule has 0 saturated carbocycles. The molecule has 1 saturated heterocycles. The molecule has 140 valence electrons. The number of nitrogens with zero attached hydrogens (tertiary/aromatic N) is 1. The standard InChI is InChI=1S/C23H31NO2/c1-17-13-15-24(16-14-17)22(25)23(3,26)18(2)20-11-7-8-12-21(20)19-9-5-4-6-10-19/h4-12,17-18,22,25-26H,13-16H2,1-3H3. The molecule has 3 heteroatoms. The average Bonchev–Trinajstić information content (AvgIpc) is 2.68. The van der Waals surface area contributed by atoms with Gasteiger partial charge in [0.05, 0.1) is 0 Å². The zero-order chi connectivity index (χ0) is 18.7. The van der Waals surface area contributed by atoms with Gasteiger partial charge >= 0.3 is 0 Å². The third-order valence-electron chi connectivity index (χ3n) is 6.08.